The maximum atomic E-state index is 12.3. The van der Waals surface area contributed by atoms with Gasteiger partial charge in [-0.05, 0) is 64.7 Å². The molecule has 0 radical (unpaired) electrons. The Morgan fingerprint density at radius 1 is 1.03 bits per heavy atom. The number of amides is 2. The highest BCUT2D eigenvalue weighted by Crippen LogP contribution is 2.38. The van der Waals surface area contributed by atoms with Crippen molar-refractivity contribution in [1.29, 1.82) is 0 Å². The Labute approximate surface area is 174 Å². The number of anilines is 2. The first kappa shape index (κ1) is 22.5. The van der Waals surface area contributed by atoms with Gasteiger partial charge in [-0.2, -0.15) is 0 Å². The molecule has 0 saturated carbocycles. The average Bonchev–Trinajstić information content (AvgIpc) is 2.65. The highest BCUT2D eigenvalue weighted by molar-refractivity contribution is 5.95. The predicted octanol–water partition coefficient (Wildman–Crippen LogP) is 5.85. The molecule has 0 bridgehead atoms. The quantitative estimate of drug-likeness (QED) is 0.521. The fourth-order valence-corrected chi connectivity index (χ4v) is 3.41. The van der Waals surface area contributed by atoms with Crippen LogP contribution < -0.4 is 20.7 Å². The average molecular weight is 399 g/mol. The van der Waals surface area contributed by atoms with E-state index < -0.39 is 0 Å². The number of urea groups is 1. The van der Waals surface area contributed by atoms with Crippen LogP contribution in [0.4, 0.5) is 16.2 Å². The third-order valence-electron chi connectivity index (χ3n) is 4.84. The normalized spacial score (nSPS) is 10.8. The second-order valence-electron chi connectivity index (χ2n) is 7.46. The van der Waals surface area contributed by atoms with E-state index in [0.29, 0.717) is 24.2 Å². The monoisotopic (exact) mass is 398 g/mol. The molecule has 0 aliphatic heterocycles. The molecule has 1 aromatic heterocycles. The number of hydrogen-bond donors (Lipinski definition) is 3. The Bertz CT molecular complexity index is 837. The summed E-state index contributed by atoms with van der Waals surface area (Å²) in [6.45, 7) is 14.7. The zero-order valence-electron chi connectivity index (χ0n) is 18.7. The van der Waals surface area contributed by atoms with E-state index in [-0.39, 0.29) is 6.03 Å². The standard InChI is InChI=1S/C23H34N4O2/c1-8-18(9-2)26-19-13-17(7)25-22(20(19)27-23(28)24-10-3)29-21-15(5)11-14(4)12-16(21)6/h11-13,18H,8-10H2,1-7H3,(H,25,26)(H2,24,27,28). The van der Waals surface area contributed by atoms with Gasteiger partial charge in [0.2, 0.25) is 5.88 Å². The Kier molecular flexibility index (Phi) is 7.88. The SMILES string of the molecule is CCNC(=O)Nc1c(NC(CC)CC)cc(C)nc1Oc1c(C)cc(C)cc1C. The fraction of sp³-hybridized carbons (Fsp3) is 0.478. The molecule has 2 amide bonds. The molecule has 3 N–H and O–H groups in total. The van der Waals surface area contributed by atoms with Crippen LogP contribution in [0.2, 0.25) is 0 Å². The second kappa shape index (κ2) is 10.1. The summed E-state index contributed by atoms with van der Waals surface area (Å²) in [7, 11) is 0. The van der Waals surface area contributed by atoms with Crippen molar-refractivity contribution < 1.29 is 9.53 Å². The first-order valence-electron chi connectivity index (χ1n) is 10.4. The zero-order valence-corrected chi connectivity index (χ0v) is 18.7. The van der Waals surface area contributed by atoms with Crippen molar-refractivity contribution in [3.8, 4) is 11.6 Å². The van der Waals surface area contributed by atoms with E-state index >= 15 is 0 Å². The molecule has 0 spiro atoms. The summed E-state index contributed by atoms with van der Waals surface area (Å²) in [5, 5.41) is 9.25. The van der Waals surface area contributed by atoms with Crippen LogP contribution in [-0.2, 0) is 0 Å². The van der Waals surface area contributed by atoms with E-state index in [1.807, 2.05) is 33.8 Å². The van der Waals surface area contributed by atoms with Crippen LogP contribution in [0.15, 0.2) is 18.2 Å². The van der Waals surface area contributed by atoms with Crippen molar-refractivity contribution in [2.45, 2.75) is 67.3 Å². The summed E-state index contributed by atoms with van der Waals surface area (Å²) in [6, 6.07) is 6.12. The number of aromatic nitrogens is 1. The van der Waals surface area contributed by atoms with Crippen molar-refractivity contribution in [2.75, 3.05) is 17.2 Å². The minimum absolute atomic E-state index is 0.284. The lowest BCUT2D eigenvalue weighted by molar-refractivity contribution is 0.252. The van der Waals surface area contributed by atoms with Crippen molar-refractivity contribution in [3.63, 3.8) is 0 Å². The number of nitrogens with zero attached hydrogens (tertiary/aromatic N) is 1. The van der Waals surface area contributed by atoms with Crippen LogP contribution >= 0.6 is 0 Å². The van der Waals surface area contributed by atoms with E-state index in [1.165, 1.54) is 5.56 Å². The number of nitrogens with one attached hydrogen (secondary N) is 3. The topological polar surface area (TPSA) is 75.3 Å². The van der Waals surface area contributed by atoms with Crippen LogP contribution in [0.1, 0.15) is 56.0 Å². The third-order valence-corrected chi connectivity index (χ3v) is 4.84. The zero-order chi connectivity index (χ0) is 21.6. The highest BCUT2D eigenvalue weighted by Gasteiger charge is 2.19. The number of hydrogen-bond acceptors (Lipinski definition) is 4. The number of pyridine rings is 1. The van der Waals surface area contributed by atoms with Gasteiger partial charge in [0, 0.05) is 18.3 Å². The molecular formula is C23H34N4O2. The van der Waals surface area contributed by atoms with Crippen LogP contribution in [0.3, 0.4) is 0 Å². The molecule has 1 aromatic carbocycles. The van der Waals surface area contributed by atoms with Crippen molar-refractivity contribution in [3.05, 3.63) is 40.6 Å². The van der Waals surface area contributed by atoms with Crippen molar-refractivity contribution >= 4 is 17.4 Å². The molecule has 0 saturated heterocycles. The molecule has 158 valence electrons. The maximum absolute atomic E-state index is 12.3. The van der Waals surface area contributed by atoms with Gasteiger partial charge in [0.1, 0.15) is 11.4 Å². The number of rotatable bonds is 8. The number of aryl methyl sites for hydroxylation is 4. The van der Waals surface area contributed by atoms with Crippen LogP contribution in [0.25, 0.3) is 0 Å². The van der Waals surface area contributed by atoms with E-state index in [4.69, 9.17) is 4.74 Å². The third kappa shape index (κ3) is 5.86. The van der Waals surface area contributed by atoms with Crippen LogP contribution in [-0.4, -0.2) is 23.6 Å². The fourth-order valence-electron chi connectivity index (χ4n) is 3.41. The summed E-state index contributed by atoms with van der Waals surface area (Å²) in [5.74, 6) is 1.15. The molecule has 6 nitrogen and oxygen atoms in total. The molecule has 0 unspecified atom stereocenters. The second-order valence-corrected chi connectivity index (χ2v) is 7.46. The van der Waals surface area contributed by atoms with E-state index in [9.17, 15) is 4.79 Å². The number of carbonyl (C=O) groups excluding carboxylic acids is 1. The summed E-state index contributed by atoms with van der Waals surface area (Å²) in [4.78, 5) is 16.9. The van der Waals surface area contributed by atoms with Crippen molar-refractivity contribution in [1.82, 2.24) is 10.3 Å². The minimum Gasteiger partial charge on any atom is -0.436 e. The van der Waals surface area contributed by atoms with Gasteiger partial charge in [0.15, 0.2) is 0 Å². The molecule has 2 aromatic rings. The van der Waals surface area contributed by atoms with Gasteiger partial charge < -0.3 is 20.7 Å². The summed E-state index contributed by atoms with van der Waals surface area (Å²) in [5.41, 5.74) is 5.43. The largest absolute Gasteiger partial charge is 0.436 e. The smallest absolute Gasteiger partial charge is 0.319 e. The lowest BCUT2D eigenvalue weighted by atomic mass is 10.1. The van der Waals surface area contributed by atoms with Gasteiger partial charge in [-0.3, -0.25) is 0 Å². The van der Waals surface area contributed by atoms with Gasteiger partial charge >= 0.3 is 6.03 Å². The van der Waals surface area contributed by atoms with E-state index in [2.05, 4.69) is 53.8 Å². The minimum atomic E-state index is -0.284. The molecule has 29 heavy (non-hydrogen) atoms. The molecule has 6 heteroatoms. The van der Waals surface area contributed by atoms with Gasteiger partial charge in [-0.1, -0.05) is 31.5 Å². The molecule has 2 rings (SSSR count). The van der Waals surface area contributed by atoms with Gasteiger partial charge in [0.25, 0.3) is 0 Å². The maximum Gasteiger partial charge on any atom is 0.319 e. The summed E-state index contributed by atoms with van der Waals surface area (Å²) in [6.07, 6.45) is 1.95. The molecule has 1 heterocycles. The molecule has 0 atom stereocenters. The molecule has 0 fully saturated rings. The lowest BCUT2D eigenvalue weighted by Gasteiger charge is -2.22. The van der Waals surface area contributed by atoms with Gasteiger partial charge in [-0.15, -0.1) is 0 Å². The lowest BCUT2D eigenvalue weighted by Crippen LogP contribution is -2.29. The van der Waals surface area contributed by atoms with Crippen LogP contribution in [0, 0.1) is 27.7 Å². The first-order valence-corrected chi connectivity index (χ1v) is 10.4. The Morgan fingerprint density at radius 3 is 2.21 bits per heavy atom. The van der Waals surface area contributed by atoms with Crippen molar-refractivity contribution in [2.24, 2.45) is 0 Å². The summed E-state index contributed by atoms with van der Waals surface area (Å²) < 4.78 is 6.28. The van der Waals surface area contributed by atoms with E-state index in [0.717, 1.165) is 41.1 Å². The Balaban J connectivity index is 2.54. The first-order chi connectivity index (χ1) is 13.8. The molecular weight excluding hydrogens is 364 g/mol. The predicted molar refractivity (Wildman–Crippen MR) is 120 cm³/mol. The number of benzene rings is 1. The Morgan fingerprint density at radius 2 is 1.66 bits per heavy atom. The summed E-state index contributed by atoms with van der Waals surface area (Å²) >= 11 is 0. The van der Waals surface area contributed by atoms with E-state index in [1.54, 1.807) is 0 Å². The number of carbonyl (C=O) groups is 1. The van der Waals surface area contributed by atoms with Crippen LogP contribution in [0.5, 0.6) is 11.6 Å². The van der Waals surface area contributed by atoms with Gasteiger partial charge in [0.05, 0.1) is 5.69 Å². The molecule has 0 aliphatic rings. The number of ether oxygens (including phenoxy) is 1. The highest BCUT2D eigenvalue weighted by atomic mass is 16.5. The van der Waals surface area contributed by atoms with Gasteiger partial charge in [-0.25, -0.2) is 9.78 Å². The Hall–Kier alpha value is -2.76. The molecule has 0 aliphatic carbocycles.